The maximum atomic E-state index is 13.2. The standard InChI is InChI=1S/C22H23N5O3S/c1-15-3-5-18(6-4-15)31(29,30)25-19-7-8-20-17-11-16(13-27(20)21(19)28)12-26(14-17)22-23-9-2-10-24-22/h2-10,16-17,25H,11-14H2,1H3/t16-,17-/m1/s1. The van der Waals surface area contributed by atoms with E-state index in [-0.39, 0.29) is 28.0 Å². The summed E-state index contributed by atoms with van der Waals surface area (Å²) in [6, 6.07) is 11.8. The van der Waals surface area contributed by atoms with Crippen LogP contribution in [0.5, 0.6) is 0 Å². The van der Waals surface area contributed by atoms with Gasteiger partial charge in [0.1, 0.15) is 5.69 Å². The molecule has 9 heteroatoms. The van der Waals surface area contributed by atoms with E-state index >= 15 is 0 Å². The highest BCUT2D eigenvalue weighted by atomic mass is 32.2. The van der Waals surface area contributed by atoms with Crippen LogP contribution in [0, 0.1) is 12.8 Å². The average molecular weight is 438 g/mol. The molecular weight excluding hydrogens is 414 g/mol. The van der Waals surface area contributed by atoms with Crippen molar-refractivity contribution in [2.24, 2.45) is 5.92 Å². The monoisotopic (exact) mass is 437 g/mol. The molecule has 1 fully saturated rings. The van der Waals surface area contributed by atoms with Gasteiger partial charge in [-0.25, -0.2) is 18.4 Å². The van der Waals surface area contributed by atoms with Crippen LogP contribution in [0.4, 0.5) is 11.6 Å². The Morgan fingerprint density at radius 2 is 1.74 bits per heavy atom. The second-order valence-corrected chi connectivity index (χ2v) is 9.94. The number of rotatable bonds is 4. The quantitative estimate of drug-likeness (QED) is 0.673. The van der Waals surface area contributed by atoms with Gasteiger partial charge >= 0.3 is 0 Å². The summed E-state index contributed by atoms with van der Waals surface area (Å²) in [5.41, 5.74) is 1.68. The third kappa shape index (κ3) is 3.69. The summed E-state index contributed by atoms with van der Waals surface area (Å²) < 4.78 is 29.7. The maximum Gasteiger partial charge on any atom is 0.275 e. The number of hydrogen-bond acceptors (Lipinski definition) is 6. The smallest absolute Gasteiger partial charge is 0.275 e. The number of hydrogen-bond donors (Lipinski definition) is 1. The second-order valence-electron chi connectivity index (χ2n) is 8.26. The molecule has 0 amide bonds. The third-order valence-electron chi connectivity index (χ3n) is 6.01. The van der Waals surface area contributed by atoms with Gasteiger partial charge in [-0.15, -0.1) is 0 Å². The van der Waals surface area contributed by atoms with Gasteiger partial charge in [-0.3, -0.25) is 9.52 Å². The molecule has 4 heterocycles. The Balaban J connectivity index is 1.44. The molecule has 0 radical (unpaired) electrons. The first kappa shape index (κ1) is 19.7. The van der Waals surface area contributed by atoms with Crippen LogP contribution in [-0.2, 0) is 16.6 Å². The van der Waals surface area contributed by atoms with E-state index in [0.717, 1.165) is 30.8 Å². The van der Waals surface area contributed by atoms with E-state index in [1.165, 1.54) is 0 Å². The Morgan fingerprint density at radius 3 is 2.48 bits per heavy atom. The van der Waals surface area contributed by atoms with Gasteiger partial charge in [0.2, 0.25) is 5.95 Å². The number of sulfonamides is 1. The molecule has 5 rings (SSSR count). The molecule has 31 heavy (non-hydrogen) atoms. The maximum absolute atomic E-state index is 13.2. The van der Waals surface area contributed by atoms with E-state index in [1.54, 1.807) is 53.4 Å². The number of aromatic nitrogens is 3. The van der Waals surface area contributed by atoms with E-state index in [4.69, 9.17) is 0 Å². The highest BCUT2D eigenvalue weighted by molar-refractivity contribution is 7.92. The normalized spacial score (nSPS) is 20.2. The SMILES string of the molecule is Cc1ccc(S(=O)(=O)Nc2ccc3n(c2=O)C[C@@H]2C[C@@H]3CN(c3ncccn3)C2)cc1. The van der Waals surface area contributed by atoms with Crippen LogP contribution < -0.4 is 15.2 Å². The lowest BCUT2D eigenvalue weighted by molar-refractivity contribution is 0.280. The molecule has 3 aromatic rings. The fourth-order valence-electron chi connectivity index (χ4n) is 4.56. The van der Waals surface area contributed by atoms with Crippen LogP contribution in [0.1, 0.15) is 23.6 Å². The van der Waals surface area contributed by atoms with E-state index in [1.807, 2.05) is 13.0 Å². The van der Waals surface area contributed by atoms with Gasteiger partial charge < -0.3 is 9.47 Å². The van der Waals surface area contributed by atoms with E-state index in [9.17, 15) is 13.2 Å². The second kappa shape index (κ2) is 7.49. The Labute approximate surface area is 180 Å². The van der Waals surface area contributed by atoms with Crippen LogP contribution in [0.15, 0.2) is 64.5 Å². The van der Waals surface area contributed by atoms with Crippen LogP contribution in [0.3, 0.4) is 0 Å². The van der Waals surface area contributed by atoms with Gasteiger partial charge in [0.05, 0.1) is 4.90 Å². The Kier molecular flexibility index (Phi) is 4.77. The van der Waals surface area contributed by atoms with Crippen molar-refractivity contribution >= 4 is 21.7 Å². The fraction of sp³-hybridized carbons (Fsp3) is 0.318. The summed E-state index contributed by atoms with van der Waals surface area (Å²) in [5.74, 6) is 1.15. The molecule has 2 aromatic heterocycles. The molecule has 0 aliphatic carbocycles. The van der Waals surface area contributed by atoms with Crippen molar-refractivity contribution in [3.05, 3.63) is 76.5 Å². The summed E-state index contributed by atoms with van der Waals surface area (Å²) in [4.78, 5) is 24.2. The van der Waals surface area contributed by atoms with Crippen LogP contribution in [0.2, 0.25) is 0 Å². The number of nitrogens with zero attached hydrogens (tertiary/aromatic N) is 4. The minimum absolute atomic E-state index is 0.0764. The molecule has 1 saturated heterocycles. The lowest BCUT2D eigenvalue weighted by Gasteiger charge is -2.42. The molecule has 1 N–H and O–H groups in total. The topological polar surface area (TPSA) is 97.2 Å². The molecule has 2 bridgehead atoms. The van der Waals surface area contributed by atoms with Crippen molar-refractivity contribution in [2.45, 2.75) is 30.7 Å². The molecule has 1 aromatic carbocycles. The molecule has 2 atom stereocenters. The lowest BCUT2D eigenvalue weighted by Crippen LogP contribution is -2.48. The number of piperidine rings is 1. The first-order chi connectivity index (χ1) is 14.9. The minimum Gasteiger partial charge on any atom is -0.340 e. The first-order valence-electron chi connectivity index (χ1n) is 10.3. The van der Waals surface area contributed by atoms with Crippen molar-refractivity contribution in [1.29, 1.82) is 0 Å². The van der Waals surface area contributed by atoms with Crippen LogP contribution in [-0.4, -0.2) is 36.0 Å². The Morgan fingerprint density at radius 1 is 1.00 bits per heavy atom. The number of anilines is 2. The van der Waals surface area contributed by atoms with Gasteiger partial charge in [-0.2, -0.15) is 0 Å². The van der Waals surface area contributed by atoms with Gasteiger partial charge in [0.15, 0.2) is 0 Å². The van der Waals surface area contributed by atoms with Gasteiger partial charge in [-0.05, 0) is 49.6 Å². The average Bonchev–Trinajstić information content (AvgIpc) is 2.77. The van der Waals surface area contributed by atoms with Crippen molar-refractivity contribution in [3.8, 4) is 0 Å². The number of benzene rings is 1. The van der Waals surface area contributed by atoms with Gasteiger partial charge in [-0.1, -0.05) is 17.7 Å². The van der Waals surface area contributed by atoms with Crippen molar-refractivity contribution in [1.82, 2.24) is 14.5 Å². The zero-order chi connectivity index (χ0) is 21.6. The highest BCUT2D eigenvalue weighted by Gasteiger charge is 2.36. The largest absolute Gasteiger partial charge is 0.340 e. The number of aryl methyl sites for hydroxylation is 1. The van der Waals surface area contributed by atoms with E-state index in [0.29, 0.717) is 12.5 Å². The summed E-state index contributed by atoms with van der Waals surface area (Å²) >= 11 is 0. The summed E-state index contributed by atoms with van der Waals surface area (Å²) in [6.07, 6.45) is 4.46. The summed E-state index contributed by atoms with van der Waals surface area (Å²) in [6.45, 7) is 3.94. The number of fused-ring (bicyclic) bond motifs is 4. The molecule has 0 spiro atoms. The first-order valence-corrected chi connectivity index (χ1v) is 11.7. The lowest BCUT2D eigenvalue weighted by atomic mass is 9.83. The number of nitrogens with one attached hydrogen (secondary N) is 1. The Bertz CT molecular complexity index is 1270. The third-order valence-corrected chi connectivity index (χ3v) is 7.40. The van der Waals surface area contributed by atoms with Crippen LogP contribution in [0.25, 0.3) is 0 Å². The minimum atomic E-state index is -3.83. The van der Waals surface area contributed by atoms with Crippen molar-refractivity contribution in [3.63, 3.8) is 0 Å². The van der Waals surface area contributed by atoms with E-state index < -0.39 is 10.0 Å². The molecule has 8 nitrogen and oxygen atoms in total. The van der Waals surface area contributed by atoms with Gasteiger partial charge in [0, 0.05) is 43.6 Å². The molecule has 2 aliphatic rings. The van der Waals surface area contributed by atoms with Crippen LogP contribution >= 0.6 is 0 Å². The Hall–Kier alpha value is -3.20. The molecule has 160 valence electrons. The number of pyridine rings is 1. The molecule has 2 aliphatic heterocycles. The summed E-state index contributed by atoms with van der Waals surface area (Å²) in [7, 11) is -3.83. The van der Waals surface area contributed by atoms with Crippen molar-refractivity contribution < 1.29 is 8.42 Å². The van der Waals surface area contributed by atoms with E-state index in [2.05, 4.69) is 19.6 Å². The predicted molar refractivity (Wildman–Crippen MR) is 118 cm³/mol. The van der Waals surface area contributed by atoms with Gasteiger partial charge in [0.25, 0.3) is 15.6 Å². The molecule has 0 unspecified atom stereocenters. The van der Waals surface area contributed by atoms with Crippen molar-refractivity contribution in [2.75, 3.05) is 22.7 Å². The zero-order valence-corrected chi connectivity index (χ0v) is 17.9. The molecule has 0 saturated carbocycles. The highest BCUT2D eigenvalue weighted by Crippen LogP contribution is 2.36. The fourth-order valence-corrected chi connectivity index (χ4v) is 5.62. The summed E-state index contributed by atoms with van der Waals surface area (Å²) in [5, 5.41) is 0. The molecular formula is C22H23N5O3S. The zero-order valence-electron chi connectivity index (χ0n) is 17.1. The predicted octanol–water partition coefficient (Wildman–Crippen LogP) is 2.37.